The van der Waals surface area contributed by atoms with Gasteiger partial charge in [0.2, 0.25) is 0 Å². The van der Waals surface area contributed by atoms with E-state index in [0.29, 0.717) is 23.8 Å². The first-order valence-corrected chi connectivity index (χ1v) is 11.8. The van der Waals surface area contributed by atoms with Gasteiger partial charge < -0.3 is 10.6 Å². The lowest BCUT2D eigenvalue weighted by Crippen LogP contribution is -2.58. The number of piperidine rings is 3. The molecule has 4 aliphatic rings. The highest BCUT2D eigenvalue weighted by Gasteiger charge is 2.40. The van der Waals surface area contributed by atoms with Crippen LogP contribution in [0.15, 0.2) is 48.5 Å². The van der Waals surface area contributed by atoms with E-state index in [0.717, 1.165) is 37.9 Å². The van der Waals surface area contributed by atoms with Crippen LogP contribution in [0.25, 0.3) is 0 Å². The normalized spacial score (nSPS) is 26.7. The molecular formula is C26H31N5O. The average Bonchev–Trinajstić information content (AvgIpc) is 2.83. The molecule has 2 bridgehead atoms. The SMILES string of the molecule is N#Cc1cccc(NC(=O)NC[C@H]2C[C@@H]3CCN2C[C@H]3CN2CCc3ccccc3C2)c1. The molecule has 0 aliphatic carbocycles. The molecule has 32 heavy (non-hydrogen) atoms. The van der Waals surface area contributed by atoms with Crippen LogP contribution in [0.4, 0.5) is 10.5 Å². The molecule has 2 aromatic carbocycles. The second-order valence-corrected chi connectivity index (χ2v) is 9.47. The largest absolute Gasteiger partial charge is 0.336 e. The van der Waals surface area contributed by atoms with Crippen LogP contribution < -0.4 is 10.6 Å². The minimum atomic E-state index is -0.203. The molecule has 2 amide bonds. The molecule has 6 rings (SSSR count). The maximum atomic E-state index is 12.4. The first-order chi connectivity index (χ1) is 15.7. The van der Waals surface area contributed by atoms with Gasteiger partial charge in [0.1, 0.15) is 0 Å². The molecule has 6 heteroatoms. The number of hydrogen-bond donors (Lipinski definition) is 2. The van der Waals surface area contributed by atoms with E-state index in [2.05, 4.69) is 50.8 Å². The number of rotatable bonds is 5. The minimum absolute atomic E-state index is 0.203. The summed E-state index contributed by atoms with van der Waals surface area (Å²) in [7, 11) is 0. The zero-order valence-corrected chi connectivity index (χ0v) is 18.5. The molecule has 4 heterocycles. The van der Waals surface area contributed by atoms with Crippen molar-refractivity contribution in [3.63, 3.8) is 0 Å². The number of anilines is 1. The first-order valence-electron chi connectivity index (χ1n) is 11.8. The zero-order chi connectivity index (χ0) is 21.9. The van der Waals surface area contributed by atoms with E-state index in [1.807, 2.05) is 0 Å². The number of nitrogens with zero attached hydrogens (tertiary/aromatic N) is 3. The quantitative estimate of drug-likeness (QED) is 0.764. The predicted molar refractivity (Wildman–Crippen MR) is 125 cm³/mol. The molecular weight excluding hydrogens is 398 g/mol. The Morgan fingerprint density at radius 3 is 2.81 bits per heavy atom. The smallest absolute Gasteiger partial charge is 0.319 e. The summed E-state index contributed by atoms with van der Waals surface area (Å²) in [5.74, 6) is 1.48. The van der Waals surface area contributed by atoms with E-state index >= 15 is 0 Å². The third-order valence-corrected chi connectivity index (χ3v) is 7.46. The van der Waals surface area contributed by atoms with Crippen LogP contribution in [0.2, 0.25) is 0 Å². The van der Waals surface area contributed by atoms with Crippen molar-refractivity contribution >= 4 is 11.7 Å². The number of nitriles is 1. The molecule has 4 aliphatic heterocycles. The van der Waals surface area contributed by atoms with E-state index in [1.165, 1.54) is 37.1 Å². The maximum absolute atomic E-state index is 12.4. The number of benzene rings is 2. The van der Waals surface area contributed by atoms with Gasteiger partial charge in [0, 0.05) is 44.5 Å². The van der Waals surface area contributed by atoms with E-state index in [9.17, 15) is 4.79 Å². The fourth-order valence-corrected chi connectivity index (χ4v) is 5.76. The van der Waals surface area contributed by atoms with Crippen LogP contribution in [0, 0.1) is 23.2 Å². The summed E-state index contributed by atoms with van der Waals surface area (Å²) in [4.78, 5) is 17.6. The van der Waals surface area contributed by atoms with Crippen LogP contribution in [0.1, 0.15) is 29.5 Å². The average molecular weight is 430 g/mol. The third-order valence-electron chi connectivity index (χ3n) is 7.46. The molecule has 0 radical (unpaired) electrons. The zero-order valence-electron chi connectivity index (χ0n) is 18.5. The van der Waals surface area contributed by atoms with Crippen molar-refractivity contribution in [3.05, 3.63) is 65.2 Å². The van der Waals surface area contributed by atoms with Crippen LogP contribution in [-0.2, 0) is 13.0 Å². The summed E-state index contributed by atoms with van der Waals surface area (Å²) >= 11 is 0. The Hall–Kier alpha value is -2.88. The summed E-state index contributed by atoms with van der Waals surface area (Å²) < 4.78 is 0. The second-order valence-electron chi connectivity index (χ2n) is 9.47. The van der Waals surface area contributed by atoms with Crippen molar-refractivity contribution in [2.75, 3.05) is 38.0 Å². The van der Waals surface area contributed by atoms with Crippen LogP contribution in [0.3, 0.4) is 0 Å². The van der Waals surface area contributed by atoms with Crippen molar-refractivity contribution in [1.82, 2.24) is 15.1 Å². The molecule has 2 N–H and O–H groups in total. The Morgan fingerprint density at radius 2 is 2.00 bits per heavy atom. The lowest BCUT2D eigenvalue weighted by atomic mass is 9.75. The van der Waals surface area contributed by atoms with Crippen LogP contribution >= 0.6 is 0 Å². The monoisotopic (exact) mass is 429 g/mol. The minimum Gasteiger partial charge on any atom is -0.336 e. The van der Waals surface area contributed by atoms with Crippen LogP contribution in [-0.4, -0.2) is 54.6 Å². The number of hydrogen-bond acceptors (Lipinski definition) is 4. The molecule has 0 spiro atoms. The van der Waals surface area contributed by atoms with Crippen molar-refractivity contribution in [3.8, 4) is 6.07 Å². The van der Waals surface area contributed by atoms with Crippen molar-refractivity contribution in [1.29, 1.82) is 5.26 Å². The molecule has 3 saturated heterocycles. The molecule has 6 nitrogen and oxygen atoms in total. The number of amides is 2. The number of carbonyl (C=O) groups is 1. The highest BCUT2D eigenvalue weighted by atomic mass is 16.2. The molecule has 2 aromatic rings. The Kier molecular flexibility index (Phi) is 6.11. The van der Waals surface area contributed by atoms with Crippen molar-refractivity contribution in [2.45, 2.75) is 31.8 Å². The van der Waals surface area contributed by atoms with Gasteiger partial charge in [0.25, 0.3) is 0 Å². The summed E-state index contributed by atoms with van der Waals surface area (Å²) in [6.45, 7) is 6.38. The number of carbonyl (C=O) groups excluding carboxylic acids is 1. The molecule has 166 valence electrons. The summed E-state index contributed by atoms with van der Waals surface area (Å²) in [6, 6.07) is 18.2. The molecule has 1 unspecified atom stereocenters. The Bertz CT molecular complexity index is 1020. The van der Waals surface area contributed by atoms with E-state index < -0.39 is 0 Å². The summed E-state index contributed by atoms with van der Waals surface area (Å²) in [6.07, 6.45) is 3.61. The van der Waals surface area contributed by atoms with E-state index in [-0.39, 0.29) is 6.03 Å². The van der Waals surface area contributed by atoms with Crippen LogP contribution in [0.5, 0.6) is 0 Å². The number of urea groups is 1. The van der Waals surface area contributed by atoms with Gasteiger partial charge in [-0.05, 0) is 67.0 Å². The fraction of sp³-hybridized carbons (Fsp3) is 0.462. The molecule has 3 fully saturated rings. The molecule has 0 saturated carbocycles. The van der Waals surface area contributed by atoms with Crippen molar-refractivity contribution < 1.29 is 4.79 Å². The number of fused-ring (bicyclic) bond motifs is 4. The Labute approximate surface area is 190 Å². The highest BCUT2D eigenvalue weighted by molar-refractivity contribution is 5.89. The van der Waals surface area contributed by atoms with Gasteiger partial charge >= 0.3 is 6.03 Å². The van der Waals surface area contributed by atoms with Gasteiger partial charge in [0.15, 0.2) is 0 Å². The topological polar surface area (TPSA) is 71.4 Å². The Balaban J connectivity index is 1.10. The highest BCUT2D eigenvalue weighted by Crippen LogP contribution is 2.37. The van der Waals surface area contributed by atoms with Gasteiger partial charge in [-0.2, -0.15) is 5.26 Å². The summed E-state index contributed by atoms with van der Waals surface area (Å²) in [5.41, 5.74) is 4.20. The maximum Gasteiger partial charge on any atom is 0.319 e. The first kappa shape index (κ1) is 21.0. The van der Waals surface area contributed by atoms with Gasteiger partial charge in [0.05, 0.1) is 11.6 Å². The van der Waals surface area contributed by atoms with Gasteiger partial charge in [-0.3, -0.25) is 9.80 Å². The number of nitrogens with one attached hydrogen (secondary N) is 2. The van der Waals surface area contributed by atoms with Gasteiger partial charge in [-0.15, -0.1) is 0 Å². The molecule has 0 aromatic heterocycles. The standard InChI is InChI=1S/C26H31N5O/c27-14-19-4-3-7-24(12-19)29-26(32)28-15-25-13-21-9-11-31(25)18-23(21)17-30-10-8-20-5-1-2-6-22(20)16-30/h1-7,12,21,23,25H,8-11,13,15-18H2,(H2,28,29,32)/t21-,23+,25+/m0/s1. The third kappa shape index (κ3) is 4.64. The van der Waals surface area contributed by atoms with E-state index in [4.69, 9.17) is 5.26 Å². The van der Waals surface area contributed by atoms with Gasteiger partial charge in [-0.25, -0.2) is 4.79 Å². The molecule has 4 atom stereocenters. The van der Waals surface area contributed by atoms with Gasteiger partial charge in [-0.1, -0.05) is 30.3 Å². The second kappa shape index (κ2) is 9.32. The lowest BCUT2D eigenvalue weighted by Gasteiger charge is -2.51. The van der Waals surface area contributed by atoms with Crippen molar-refractivity contribution in [2.24, 2.45) is 11.8 Å². The summed E-state index contributed by atoms with van der Waals surface area (Å²) in [5, 5.41) is 14.9. The fourth-order valence-electron chi connectivity index (χ4n) is 5.76. The lowest BCUT2D eigenvalue weighted by molar-refractivity contribution is -0.0124. The predicted octanol–water partition coefficient (Wildman–Crippen LogP) is 3.45. The Morgan fingerprint density at radius 1 is 1.12 bits per heavy atom. The van der Waals surface area contributed by atoms with E-state index in [1.54, 1.807) is 24.3 Å².